The van der Waals surface area contributed by atoms with Crippen LogP contribution < -0.4 is 10.2 Å². The Balaban J connectivity index is 1.56. The molecule has 7 heteroatoms. The van der Waals surface area contributed by atoms with Crippen LogP contribution in [0.15, 0.2) is 34.3 Å². The number of carbonyl (C=O) groups excluding carboxylic acids is 1. The van der Waals surface area contributed by atoms with Crippen LogP contribution in [0.1, 0.15) is 40.0 Å². The Morgan fingerprint density at radius 1 is 1.27 bits per heavy atom. The average Bonchev–Trinajstić information content (AvgIpc) is 2.91. The van der Waals surface area contributed by atoms with Gasteiger partial charge in [0.1, 0.15) is 5.75 Å². The Labute approximate surface area is 154 Å². The number of nitrogens with one attached hydrogen (secondary N) is 1. The van der Waals surface area contributed by atoms with Crippen molar-refractivity contribution in [3.63, 3.8) is 0 Å². The first-order valence-electron chi connectivity index (χ1n) is 8.83. The lowest BCUT2D eigenvalue weighted by atomic mass is 9.70. The molecule has 3 rings (SSSR count). The Morgan fingerprint density at radius 3 is 2.42 bits per heavy atom. The average molecular weight is 378 g/mol. The number of nitrogens with zero attached hydrogens (tertiary/aromatic N) is 1. The van der Waals surface area contributed by atoms with Gasteiger partial charge in [-0.3, -0.25) is 4.79 Å². The third kappa shape index (κ3) is 3.24. The number of ether oxygens (including phenoxy) is 1. The molecule has 26 heavy (non-hydrogen) atoms. The van der Waals surface area contributed by atoms with Crippen LogP contribution >= 0.6 is 0 Å². The van der Waals surface area contributed by atoms with Crippen LogP contribution in [0.3, 0.4) is 0 Å². The van der Waals surface area contributed by atoms with Crippen LogP contribution in [-0.4, -0.2) is 32.9 Å². The minimum absolute atomic E-state index is 0.0489. The maximum atomic E-state index is 12.0. The predicted octanol–water partition coefficient (Wildman–Crippen LogP) is 2.79. The zero-order valence-electron chi connectivity index (χ0n) is 15.7. The summed E-state index contributed by atoms with van der Waals surface area (Å²) in [6, 6.07) is 5.99. The standard InChI is InChI=1S/C19H26N2O4S/c1-18(2)13-9-10-19(18,3)16(11-13)20-21-17(22)12-25-14-5-7-15(8-6-14)26(4,23)24/h5-8,13H,9-12H2,1-4H3,(H,21,22). The highest BCUT2D eigenvalue weighted by Crippen LogP contribution is 2.63. The van der Waals surface area contributed by atoms with Gasteiger partial charge in [-0.2, -0.15) is 5.10 Å². The van der Waals surface area contributed by atoms with E-state index in [1.807, 2.05) is 0 Å². The quantitative estimate of drug-likeness (QED) is 0.799. The Hall–Kier alpha value is -1.89. The second-order valence-corrected chi connectivity index (χ2v) is 10.1. The van der Waals surface area contributed by atoms with Crippen LogP contribution in [0.25, 0.3) is 0 Å². The highest BCUT2D eigenvalue weighted by molar-refractivity contribution is 7.90. The topological polar surface area (TPSA) is 84.8 Å². The van der Waals surface area contributed by atoms with Gasteiger partial charge in [0.15, 0.2) is 16.4 Å². The van der Waals surface area contributed by atoms with E-state index in [1.165, 1.54) is 30.7 Å². The second kappa shape index (κ2) is 6.37. The van der Waals surface area contributed by atoms with Gasteiger partial charge < -0.3 is 4.74 Å². The fourth-order valence-electron chi connectivity index (χ4n) is 4.19. The molecular formula is C19H26N2O4S. The molecule has 2 atom stereocenters. The van der Waals surface area contributed by atoms with E-state index in [0.29, 0.717) is 11.7 Å². The molecule has 1 aromatic carbocycles. The zero-order valence-corrected chi connectivity index (χ0v) is 16.5. The molecule has 6 nitrogen and oxygen atoms in total. The molecule has 142 valence electrons. The van der Waals surface area contributed by atoms with E-state index in [1.54, 1.807) is 0 Å². The Morgan fingerprint density at radius 2 is 1.92 bits per heavy atom. The molecule has 2 fully saturated rings. The highest BCUT2D eigenvalue weighted by atomic mass is 32.2. The first kappa shape index (κ1) is 18.9. The molecule has 0 radical (unpaired) electrons. The molecule has 1 aromatic rings. The molecule has 0 spiro atoms. The van der Waals surface area contributed by atoms with E-state index >= 15 is 0 Å². The summed E-state index contributed by atoms with van der Waals surface area (Å²) in [6.45, 7) is 6.65. The molecule has 2 aliphatic carbocycles. The van der Waals surface area contributed by atoms with Gasteiger partial charge in [-0.15, -0.1) is 0 Å². The normalized spacial score (nSPS) is 28.3. The molecule has 0 heterocycles. The van der Waals surface area contributed by atoms with Crippen molar-refractivity contribution in [2.24, 2.45) is 21.8 Å². The van der Waals surface area contributed by atoms with Crippen molar-refractivity contribution in [1.82, 2.24) is 5.43 Å². The predicted molar refractivity (Wildman–Crippen MR) is 99.9 cm³/mol. The summed E-state index contributed by atoms with van der Waals surface area (Å²) in [5.41, 5.74) is 3.95. The fraction of sp³-hybridized carbons (Fsp3) is 0.579. The molecule has 0 aromatic heterocycles. The summed E-state index contributed by atoms with van der Waals surface area (Å²) >= 11 is 0. The smallest absolute Gasteiger partial charge is 0.277 e. The number of hydrazone groups is 1. The van der Waals surface area contributed by atoms with E-state index < -0.39 is 9.84 Å². The number of benzene rings is 1. The number of carbonyl (C=O) groups is 1. The largest absolute Gasteiger partial charge is 0.484 e. The van der Waals surface area contributed by atoms with E-state index in [9.17, 15) is 13.2 Å². The van der Waals surface area contributed by atoms with Gasteiger partial charge >= 0.3 is 0 Å². The van der Waals surface area contributed by atoms with Gasteiger partial charge in [0.05, 0.1) is 4.90 Å². The first-order chi connectivity index (χ1) is 12.0. The first-order valence-corrected chi connectivity index (χ1v) is 10.7. The van der Waals surface area contributed by atoms with Crippen molar-refractivity contribution in [1.29, 1.82) is 0 Å². The summed E-state index contributed by atoms with van der Waals surface area (Å²) in [5, 5.41) is 4.39. The van der Waals surface area contributed by atoms with Crippen LogP contribution in [0.2, 0.25) is 0 Å². The summed E-state index contributed by atoms with van der Waals surface area (Å²) in [6.07, 6.45) is 4.43. The number of sulfone groups is 1. The summed E-state index contributed by atoms with van der Waals surface area (Å²) in [5.74, 6) is 0.745. The molecule has 2 unspecified atom stereocenters. The van der Waals surface area contributed by atoms with Crippen molar-refractivity contribution in [3.05, 3.63) is 24.3 Å². The minimum atomic E-state index is -3.24. The number of fused-ring (bicyclic) bond motifs is 2. The molecule has 0 saturated heterocycles. The minimum Gasteiger partial charge on any atom is -0.484 e. The van der Waals surface area contributed by atoms with Gasteiger partial charge in [0.25, 0.3) is 5.91 Å². The van der Waals surface area contributed by atoms with Crippen LogP contribution in [-0.2, 0) is 14.6 Å². The Kier molecular flexibility index (Phi) is 4.63. The highest BCUT2D eigenvalue weighted by Gasteiger charge is 2.59. The van der Waals surface area contributed by atoms with Crippen molar-refractivity contribution in [2.75, 3.05) is 12.9 Å². The van der Waals surface area contributed by atoms with Crippen molar-refractivity contribution < 1.29 is 17.9 Å². The SMILES string of the molecule is CC12CCC(CC1=NNC(=O)COc1ccc(S(C)(=O)=O)cc1)C2(C)C. The summed E-state index contributed by atoms with van der Waals surface area (Å²) < 4.78 is 28.3. The lowest BCUT2D eigenvalue weighted by molar-refractivity contribution is -0.123. The van der Waals surface area contributed by atoms with E-state index in [-0.39, 0.29) is 28.2 Å². The maximum Gasteiger partial charge on any atom is 0.277 e. The van der Waals surface area contributed by atoms with Crippen molar-refractivity contribution in [3.8, 4) is 5.75 Å². The number of hydrogen-bond donors (Lipinski definition) is 1. The van der Waals surface area contributed by atoms with Crippen LogP contribution in [0.5, 0.6) is 5.75 Å². The third-order valence-corrected chi connectivity index (χ3v) is 7.58. The van der Waals surface area contributed by atoms with Crippen LogP contribution in [0, 0.1) is 16.7 Å². The summed E-state index contributed by atoms with van der Waals surface area (Å²) in [4.78, 5) is 12.2. The van der Waals surface area contributed by atoms with Gasteiger partial charge in [-0.1, -0.05) is 20.8 Å². The third-order valence-electron chi connectivity index (χ3n) is 6.45. The lowest BCUT2D eigenvalue weighted by Crippen LogP contribution is -2.35. The zero-order chi connectivity index (χ0) is 19.2. The molecule has 1 amide bonds. The maximum absolute atomic E-state index is 12.0. The molecule has 2 saturated carbocycles. The van der Waals surface area contributed by atoms with Gasteiger partial charge in [0.2, 0.25) is 0 Å². The molecule has 0 aliphatic heterocycles. The molecule has 2 bridgehead atoms. The van der Waals surface area contributed by atoms with E-state index in [4.69, 9.17) is 4.74 Å². The number of rotatable bonds is 5. The number of amides is 1. The van der Waals surface area contributed by atoms with Crippen molar-refractivity contribution in [2.45, 2.75) is 44.9 Å². The van der Waals surface area contributed by atoms with E-state index in [2.05, 4.69) is 31.3 Å². The van der Waals surface area contributed by atoms with Gasteiger partial charge in [-0.05, 0) is 54.9 Å². The monoisotopic (exact) mass is 378 g/mol. The second-order valence-electron chi connectivity index (χ2n) is 8.12. The summed E-state index contributed by atoms with van der Waals surface area (Å²) in [7, 11) is -3.24. The lowest BCUT2D eigenvalue weighted by Gasteiger charge is -2.34. The number of hydrogen-bond acceptors (Lipinski definition) is 5. The van der Waals surface area contributed by atoms with Gasteiger partial charge in [-0.25, -0.2) is 13.8 Å². The van der Waals surface area contributed by atoms with Crippen LogP contribution in [0.4, 0.5) is 0 Å². The van der Waals surface area contributed by atoms with Crippen molar-refractivity contribution >= 4 is 21.5 Å². The fourth-order valence-corrected chi connectivity index (χ4v) is 4.82. The molecular weight excluding hydrogens is 352 g/mol. The van der Waals surface area contributed by atoms with E-state index in [0.717, 1.165) is 24.8 Å². The molecule has 2 aliphatic rings. The van der Waals surface area contributed by atoms with Gasteiger partial charge in [0, 0.05) is 17.4 Å². The molecule has 1 N–H and O–H groups in total. The Bertz CT molecular complexity index is 843.